The summed E-state index contributed by atoms with van der Waals surface area (Å²) in [5.41, 5.74) is 4.10. The lowest BCUT2D eigenvalue weighted by atomic mass is 10.1. The molecule has 5 nitrogen and oxygen atoms in total. The molecule has 2 heterocycles. The van der Waals surface area contributed by atoms with Crippen LogP contribution >= 0.6 is 0 Å². The van der Waals surface area contributed by atoms with Gasteiger partial charge < -0.3 is 9.88 Å². The Morgan fingerprint density at radius 2 is 2.09 bits per heavy atom. The van der Waals surface area contributed by atoms with E-state index in [-0.39, 0.29) is 23.5 Å². The van der Waals surface area contributed by atoms with Crippen molar-refractivity contribution in [3.8, 4) is 0 Å². The number of sulfone groups is 1. The van der Waals surface area contributed by atoms with Crippen LogP contribution in [0.2, 0.25) is 0 Å². The lowest BCUT2D eigenvalue weighted by molar-refractivity contribution is 0.0941. The predicted molar refractivity (Wildman–Crippen MR) is 91.6 cm³/mol. The highest BCUT2D eigenvalue weighted by Gasteiger charge is 2.29. The first-order chi connectivity index (χ1) is 10.8. The highest BCUT2D eigenvalue weighted by molar-refractivity contribution is 7.91. The van der Waals surface area contributed by atoms with Crippen molar-refractivity contribution in [2.75, 3.05) is 11.5 Å². The summed E-state index contributed by atoms with van der Waals surface area (Å²) in [5.74, 6) is 0.00951. The molecule has 1 aromatic heterocycles. The van der Waals surface area contributed by atoms with Crippen molar-refractivity contribution in [1.29, 1.82) is 0 Å². The number of hydrogen-bond donors (Lipinski definition) is 1. The van der Waals surface area contributed by atoms with Gasteiger partial charge in [0, 0.05) is 34.7 Å². The Labute approximate surface area is 136 Å². The van der Waals surface area contributed by atoms with Crippen molar-refractivity contribution in [3.63, 3.8) is 0 Å². The van der Waals surface area contributed by atoms with Crippen LogP contribution in [-0.4, -0.2) is 36.4 Å². The van der Waals surface area contributed by atoms with Gasteiger partial charge in [-0.25, -0.2) is 8.42 Å². The maximum atomic E-state index is 12.4. The first-order valence-corrected chi connectivity index (χ1v) is 9.75. The number of nitrogens with one attached hydrogen (secondary N) is 1. The second kappa shape index (κ2) is 5.67. The molecule has 1 amide bonds. The Hall–Kier alpha value is -1.82. The van der Waals surface area contributed by atoms with Crippen LogP contribution in [0.1, 0.15) is 35.0 Å². The minimum Gasteiger partial charge on any atom is -0.348 e. The van der Waals surface area contributed by atoms with E-state index in [0.717, 1.165) is 17.4 Å². The highest BCUT2D eigenvalue weighted by atomic mass is 32.2. The number of fused-ring (bicyclic) bond motifs is 1. The van der Waals surface area contributed by atoms with E-state index in [0.29, 0.717) is 12.0 Å². The van der Waals surface area contributed by atoms with Gasteiger partial charge in [-0.05, 0) is 51.0 Å². The van der Waals surface area contributed by atoms with Crippen molar-refractivity contribution in [1.82, 2.24) is 9.88 Å². The summed E-state index contributed by atoms with van der Waals surface area (Å²) in [4.78, 5) is 12.4. The fraction of sp³-hybridized carbons (Fsp3) is 0.471. The van der Waals surface area contributed by atoms with Crippen LogP contribution in [0.15, 0.2) is 18.2 Å². The number of amides is 1. The van der Waals surface area contributed by atoms with E-state index in [4.69, 9.17) is 0 Å². The zero-order chi connectivity index (χ0) is 16.8. The van der Waals surface area contributed by atoms with Crippen LogP contribution < -0.4 is 5.32 Å². The van der Waals surface area contributed by atoms with Gasteiger partial charge in [-0.2, -0.15) is 0 Å². The summed E-state index contributed by atoms with van der Waals surface area (Å²) in [7, 11) is -2.99. The number of hydrogen-bond acceptors (Lipinski definition) is 3. The standard InChI is InChI=1S/C17H22N2O3S/c1-4-19-12(3)11(2)15-9-13(5-6-16(15)19)17(20)18-14-7-8-23(21,22)10-14/h5-6,9,14H,4,7-8,10H2,1-3H3,(H,18,20)/t14-/m1/s1. The van der Waals surface area contributed by atoms with E-state index in [1.807, 2.05) is 18.2 Å². The van der Waals surface area contributed by atoms with Crippen molar-refractivity contribution in [2.45, 2.75) is 39.8 Å². The molecule has 1 aromatic carbocycles. The van der Waals surface area contributed by atoms with Crippen molar-refractivity contribution in [2.24, 2.45) is 0 Å². The monoisotopic (exact) mass is 334 g/mol. The van der Waals surface area contributed by atoms with Crippen LogP contribution in [0.25, 0.3) is 10.9 Å². The number of benzene rings is 1. The van der Waals surface area contributed by atoms with Gasteiger partial charge in [0.2, 0.25) is 0 Å². The Morgan fingerprint density at radius 3 is 2.70 bits per heavy atom. The SMILES string of the molecule is CCn1c(C)c(C)c2cc(C(=O)N[C@@H]3CCS(=O)(=O)C3)ccc21. The topological polar surface area (TPSA) is 68.2 Å². The number of aryl methyl sites for hydroxylation is 2. The van der Waals surface area contributed by atoms with Crippen LogP contribution in [0.4, 0.5) is 0 Å². The number of carbonyl (C=O) groups is 1. The zero-order valence-electron chi connectivity index (χ0n) is 13.7. The number of aromatic nitrogens is 1. The molecular formula is C17H22N2O3S. The van der Waals surface area contributed by atoms with Gasteiger partial charge in [0.1, 0.15) is 0 Å². The minimum absolute atomic E-state index is 0.0470. The summed E-state index contributed by atoms with van der Waals surface area (Å²) in [6.45, 7) is 7.14. The van der Waals surface area contributed by atoms with Gasteiger partial charge >= 0.3 is 0 Å². The van der Waals surface area contributed by atoms with E-state index >= 15 is 0 Å². The summed E-state index contributed by atoms with van der Waals surface area (Å²) in [6.07, 6.45) is 0.501. The van der Waals surface area contributed by atoms with Gasteiger partial charge in [0.15, 0.2) is 9.84 Å². The highest BCUT2D eigenvalue weighted by Crippen LogP contribution is 2.26. The van der Waals surface area contributed by atoms with E-state index in [9.17, 15) is 13.2 Å². The molecule has 0 spiro atoms. The third kappa shape index (κ3) is 2.87. The maximum Gasteiger partial charge on any atom is 0.251 e. The second-order valence-corrected chi connectivity index (χ2v) is 8.49. The Balaban J connectivity index is 1.89. The molecule has 0 saturated carbocycles. The molecule has 1 aliphatic heterocycles. The molecule has 0 aliphatic carbocycles. The second-order valence-electron chi connectivity index (χ2n) is 6.26. The van der Waals surface area contributed by atoms with Crippen molar-refractivity contribution < 1.29 is 13.2 Å². The average Bonchev–Trinajstić information content (AvgIpc) is 2.96. The van der Waals surface area contributed by atoms with Gasteiger partial charge in [0.05, 0.1) is 11.5 Å². The molecule has 0 unspecified atom stereocenters. The molecule has 1 aliphatic rings. The molecule has 2 aromatic rings. The van der Waals surface area contributed by atoms with E-state index in [1.54, 1.807) is 0 Å². The smallest absolute Gasteiger partial charge is 0.251 e. The molecule has 3 rings (SSSR count). The summed E-state index contributed by atoms with van der Waals surface area (Å²) < 4.78 is 25.2. The summed E-state index contributed by atoms with van der Waals surface area (Å²) in [6, 6.07) is 5.42. The Kier molecular flexibility index (Phi) is 3.96. The lowest BCUT2D eigenvalue weighted by Crippen LogP contribution is -2.35. The Morgan fingerprint density at radius 1 is 1.35 bits per heavy atom. The third-order valence-corrected chi connectivity index (χ3v) is 6.55. The molecule has 0 bridgehead atoms. The maximum absolute atomic E-state index is 12.4. The first-order valence-electron chi connectivity index (χ1n) is 7.93. The molecule has 23 heavy (non-hydrogen) atoms. The zero-order valence-corrected chi connectivity index (χ0v) is 14.5. The molecule has 1 fully saturated rings. The van der Waals surface area contributed by atoms with Crippen LogP contribution in [0, 0.1) is 13.8 Å². The van der Waals surface area contributed by atoms with E-state index in [1.165, 1.54) is 11.3 Å². The number of carbonyl (C=O) groups excluding carboxylic acids is 1. The van der Waals surface area contributed by atoms with E-state index < -0.39 is 9.84 Å². The molecule has 0 radical (unpaired) electrons. The first kappa shape index (κ1) is 16.1. The quantitative estimate of drug-likeness (QED) is 0.935. The molecule has 1 N–H and O–H groups in total. The summed E-state index contributed by atoms with van der Waals surface area (Å²) >= 11 is 0. The van der Waals surface area contributed by atoms with Crippen LogP contribution in [-0.2, 0) is 16.4 Å². The molecular weight excluding hydrogens is 312 g/mol. The van der Waals surface area contributed by atoms with E-state index in [2.05, 4.69) is 30.7 Å². The fourth-order valence-electron chi connectivity index (χ4n) is 3.38. The Bertz CT molecular complexity index is 881. The van der Waals surface area contributed by atoms with Crippen molar-refractivity contribution in [3.05, 3.63) is 35.0 Å². The largest absolute Gasteiger partial charge is 0.348 e. The van der Waals surface area contributed by atoms with Crippen LogP contribution in [0.3, 0.4) is 0 Å². The predicted octanol–water partition coefficient (Wildman–Crippen LogP) is 2.19. The lowest BCUT2D eigenvalue weighted by Gasteiger charge is -2.11. The molecule has 1 saturated heterocycles. The fourth-order valence-corrected chi connectivity index (χ4v) is 5.05. The van der Waals surface area contributed by atoms with Crippen LogP contribution in [0.5, 0.6) is 0 Å². The average molecular weight is 334 g/mol. The number of nitrogens with zero attached hydrogens (tertiary/aromatic N) is 1. The van der Waals surface area contributed by atoms with Gasteiger partial charge in [-0.15, -0.1) is 0 Å². The van der Waals surface area contributed by atoms with Gasteiger partial charge in [0.25, 0.3) is 5.91 Å². The normalized spacial score (nSPS) is 20.0. The van der Waals surface area contributed by atoms with Gasteiger partial charge in [-0.1, -0.05) is 0 Å². The minimum atomic E-state index is -2.99. The van der Waals surface area contributed by atoms with Crippen molar-refractivity contribution >= 4 is 26.6 Å². The van der Waals surface area contributed by atoms with Gasteiger partial charge in [-0.3, -0.25) is 4.79 Å². The molecule has 6 heteroatoms. The molecule has 124 valence electrons. The third-order valence-electron chi connectivity index (χ3n) is 4.79. The molecule has 1 atom stereocenters. The number of rotatable bonds is 3. The summed E-state index contributed by atoms with van der Waals surface area (Å²) in [5, 5.41) is 3.93.